The Hall–Kier alpha value is -7.56. The second kappa shape index (κ2) is 19.0. The third kappa shape index (κ3) is 10.3. The molecule has 3 heterocycles. The Bertz CT molecular complexity index is 4480. The number of hydrogen-bond acceptors (Lipinski definition) is 23. The number of benzene rings is 5. The predicted molar refractivity (Wildman–Crippen MR) is 259 cm³/mol. The zero-order chi connectivity index (χ0) is 54.0. The number of aryl methyl sites for hydroxylation is 1. The van der Waals surface area contributed by atoms with Gasteiger partial charge in [-0.3, -0.25) is 27.2 Å². The summed E-state index contributed by atoms with van der Waals surface area (Å²) < 4.78 is 179. The van der Waals surface area contributed by atoms with E-state index in [1.54, 1.807) is 24.3 Å². The number of nitrogens with zero attached hydrogens (tertiary/aromatic N) is 10. The molecular weight excluding hydrogens is 1100 g/mol. The minimum atomic E-state index is -5.51. The molecular formula is C40H30N10O18S6. The molecule has 0 aliphatic rings. The average molecular weight is 1130 g/mol. The van der Waals surface area contributed by atoms with Gasteiger partial charge >= 0.3 is 0 Å². The number of para-hydroxylation sites is 2. The Balaban J connectivity index is 1.22. The van der Waals surface area contributed by atoms with Crippen molar-refractivity contribution in [2.75, 3.05) is 12.4 Å². The summed E-state index contributed by atoms with van der Waals surface area (Å²) in [5.74, 6) is -2.79. The van der Waals surface area contributed by atoms with Gasteiger partial charge in [-0.2, -0.15) is 47.4 Å². The minimum absolute atomic E-state index is 0.0389. The summed E-state index contributed by atoms with van der Waals surface area (Å²) in [5, 5.41) is 55.1. The lowest BCUT2D eigenvalue weighted by Crippen LogP contribution is -2.08. The molecule has 3 aromatic heterocycles. The fourth-order valence-electron chi connectivity index (χ4n) is 7.37. The van der Waals surface area contributed by atoms with Gasteiger partial charge in [0.1, 0.15) is 54.0 Å². The van der Waals surface area contributed by atoms with Crippen LogP contribution in [0.1, 0.15) is 23.1 Å². The first-order valence-electron chi connectivity index (χ1n) is 20.1. The SMILES string of the molecule is Cc1cc(N=Nc2c(S(=O)(=O)O)cc3c(S(=O)(=O)O)c(N=Nc4c(C)c(C#N)c5nc6ccccc6n5c4O)ccc3c2O)c(OCCCS(=O)(=O)O)cc1N=Nc1nc2ccc(S(=O)(=O)O)c(S(=O)(=O)O)c2s1. The molecule has 74 heavy (non-hydrogen) atoms. The Morgan fingerprint density at radius 2 is 1.31 bits per heavy atom. The summed E-state index contributed by atoms with van der Waals surface area (Å²) in [4.78, 5) is 3.72. The normalized spacial score (nSPS) is 13.2. The summed E-state index contributed by atoms with van der Waals surface area (Å²) >= 11 is 0.447. The molecule has 0 saturated carbocycles. The van der Waals surface area contributed by atoms with Gasteiger partial charge in [-0.25, -0.2) is 9.97 Å². The molecule has 384 valence electrons. The van der Waals surface area contributed by atoms with E-state index < -0.39 is 121 Å². The fourth-order valence-corrected chi connectivity index (χ4v) is 12.5. The predicted octanol–water partition coefficient (Wildman–Crippen LogP) is 8.04. The van der Waals surface area contributed by atoms with E-state index in [1.807, 2.05) is 6.07 Å². The van der Waals surface area contributed by atoms with Gasteiger partial charge in [0.05, 0.1) is 39.3 Å². The third-order valence-corrected chi connectivity index (χ3v) is 16.3. The minimum Gasteiger partial charge on any atom is -0.505 e. The van der Waals surface area contributed by atoms with Crippen LogP contribution in [0.5, 0.6) is 17.4 Å². The van der Waals surface area contributed by atoms with Crippen LogP contribution in [0.3, 0.4) is 0 Å². The van der Waals surface area contributed by atoms with E-state index in [1.165, 1.54) is 24.3 Å². The molecule has 0 bridgehead atoms. The highest BCUT2D eigenvalue weighted by Gasteiger charge is 2.31. The average Bonchev–Trinajstić information content (AvgIpc) is 3.89. The number of imidazole rings is 1. The number of aromatic nitrogens is 3. The quantitative estimate of drug-likeness (QED) is 0.0290. The molecule has 0 aliphatic heterocycles. The number of thiazole rings is 1. The first-order valence-corrected chi connectivity index (χ1v) is 28.3. The topological polar surface area (TPSA) is 450 Å². The standard InChI is InChI=1S/C40H30N10O18S6/c1-18-14-27(29(68-12-5-13-70(53,54)55)16-26(18)45-49-40-43-24-10-11-30(71(56,57)58)37(35(24)69-40)74(65,66)67)46-48-33-31(72(59,60)61)15-21-20(34(33)51)8-9-25(36(21)73(62,63)64)44-47-32-19(2)22(17-41)38-42-23-6-3-4-7-28(23)50(38)39(32)52/h3-4,6-11,14-16,51-52H,5,12-13H2,1-2H3,(H,53,54,55)(H,56,57,58)(H,59,60,61)(H,62,63,64)(H,65,66,67). The zero-order valence-electron chi connectivity index (χ0n) is 37.0. The van der Waals surface area contributed by atoms with Gasteiger partial charge < -0.3 is 14.9 Å². The number of pyridine rings is 1. The number of aromatic hydroxyl groups is 2. The van der Waals surface area contributed by atoms with E-state index >= 15 is 0 Å². The molecule has 34 heteroatoms. The third-order valence-electron chi connectivity index (χ3n) is 10.6. The van der Waals surface area contributed by atoms with Crippen molar-refractivity contribution < 1.29 is 79.8 Å². The molecule has 0 radical (unpaired) electrons. The van der Waals surface area contributed by atoms with Crippen LogP contribution in [0.2, 0.25) is 0 Å². The molecule has 8 rings (SSSR count). The van der Waals surface area contributed by atoms with E-state index in [0.717, 1.165) is 24.3 Å². The van der Waals surface area contributed by atoms with Crippen LogP contribution in [0.15, 0.2) is 117 Å². The summed E-state index contributed by atoms with van der Waals surface area (Å²) in [5.41, 5.74) is -1.57. The second-order valence-electron chi connectivity index (χ2n) is 15.5. The maximum Gasteiger partial charge on any atom is 0.297 e. The summed E-state index contributed by atoms with van der Waals surface area (Å²) in [6, 6.07) is 15.0. The van der Waals surface area contributed by atoms with Crippen molar-refractivity contribution in [3.8, 4) is 23.4 Å². The van der Waals surface area contributed by atoms with Crippen molar-refractivity contribution in [2.24, 2.45) is 30.7 Å². The Morgan fingerprint density at radius 3 is 1.96 bits per heavy atom. The molecule has 0 spiro atoms. The monoisotopic (exact) mass is 1130 g/mol. The number of azo groups is 3. The lowest BCUT2D eigenvalue weighted by molar-refractivity contribution is 0.317. The first-order chi connectivity index (χ1) is 34.5. The number of phenols is 1. The highest BCUT2D eigenvalue weighted by atomic mass is 32.2. The van der Waals surface area contributed by atoms with Crippen molar-refractivity contribution in [3.05, 3.63) is 83.4 Å². The van der Waals surface area contributed by atoms with Crippen molar-refractivity contribution in [3.63, 3.8) is 0 Å². The van der Waals surface area contributed by atoms with Crippen LogP contribution in [-0.2, 0) is 50.6 Å². The highest BCUT2D eigenvalue weighted by molar-refractivity contribution is 7.89. The van der Waals surface area contributed by atoms with Gasteiger partial charge in [0.15, 0.2) is 17.1 Å². The van der Waals surface area contributed by atoms with Crippen LogP contribution in [0, 0.1) is 25.2 Å². The molecule has 0 atom stereocenters. The van der Waals surface area contributed by atoms with E-state index in [-0.39, 0.29) is 62.2 Å². The lowest BCUT2D eigenvalue weighted by Gasteiger charge is -2.13. The van der Waals surface area contributed by atoms with Crippen molar-refractivity contribution >= 4 is 133 Å². The number of phenolic OH excluding ortho intramolecular Hbond substituents is 1. The number of nitriles is 1. The summed E-state index contributed by atoms with van der Waals surface area (Å²) in [6.07, 6.45) is -0.317. The molecule has 0 unspecified atom stereocenters. The number of fused-ring (bicyclic) bond motifs is 5. The van der Waals surface area contributed by atoms with E-state index in [4.69, 9.17) is 4.74 Å². The van der Waals surface area contributed by atoms with E-state index in [9.17, 15) is 80.3 Å². The van der Waals surface area contributed by atoms with Crippen LogP contribution < -0.4 is 4.74 Å². The van der Waals surface area contributed by atoms with Gasteiger partial charge in [0.2, 0.25) is 11.0 Å². The fraction of sp³-hybridized carbons (Fsp3) is 0.125. The molecule has 8 aromatic rings. The van der Waals surface area contributed by atoms with Gasteiger partial charge in [0, 0.05) is 22.4 Å². The molecule has 7 N–H and O–H groups in total. The van der Waals surface area contributed by atoms with Crippen LogP contribution in [0.4, 0.5) is 33.6 Å². The van der Waals surface area contributed by atoms with Crippen LogP contribution in [0.25, 0.3) is 37.7 Å². The molecule has 0 amide bonds. The largest absolute Gasteiger partial charge is 0.505 e. The van der Waals surface area contributed by atoms with Crippen molar-refractivity contribution in [1.82, 2.24) is 14.4 Å². The number of ether oxygens (including phenoxy) is 1. The molecule has 0 fully saturated rings. The number of hydrogen-bond donors (Lipinski definition) is 7. The molecule has 5 aromatic carbocycles. The summed E-state index contributed by atoms with van der Waals surface area (Å²) in [6.45, 7) is 2.38. The van der Waals surface area contributed by atoms with E-state index in [0.29, 0.717) is 34.5 Å². The molecule has 28 nitrogen and oxygen atoms in total. The van der Waals surface area contributed by atoms with Crippen LogP contribution >= 0.6 is 11.3 Å². The second-order valence-corrected chi connectivity index (χ2v) is 23.5. The van der Waals surface area contributed by atoms with Gasteiger partial charge in [0.25, 0.3) is 50.6 Å². The van der Waals surface area contributed by atoms with Gasteiger partial charge in [-0.15, -0.1) is 30.7 Å². The number of rotatable bonds is 15. The smallest absolute Gasteiger partial charge is 0.297 e. The van der Waals surface area contributed by atoms with Crippen molar-refractivity contribution in [2.45, 2.75) is 39.9 Å². The zero-order valence-corrected chi connectivity index (χ0v) is 41.9. The highest BCUT2D eigenvalue weighted by Crippen LogP contribution is 2.47. The maximum atomic E-state index is 13.1. The molecule has 0 aliphatic carbocycles. The molecule has 0 saturated heterocycles. The lowest BCUT2D eigenvalue weighted by atomic mass is 10.1. The Labute approximate surface area is 420 Å². The first kappa shape index (κ1) is 52.8. The van der Waals surface area contributed by atoms with Crippen molar-refractivity contribution in [1.29, 1.82) is 5.26 Å². The summed E-state index contributed by atoms with van der Waals surface area (Å²) in [7, 11) is -25.9. The Morgan fingerprint density at radius 1 is 0.662 bits per heavy atom. The Kier molecular flexibility index (Phi) is 13.6. The van der Waals surface area contributed by atoms with Crippen LogP contribution in [-0.4, -0.2) is 102 Å². The van der Waals surface area contributed by atoms with E-state index in [2.05, 4.69) is 40.7 Å². The maximum absolute atomic E-state index is 13.1. The van der Waals surface area contributed by atoms with Gasteiger partial charge in [-0.05, 0) is 74.4 Å². The van der Waals surface area contributed by atoms with Gasteiger partial charge in [-0.1, -0.05) is 23.5 Å².